The van der Waals surface area contributed by atoms with Crippen LogP contribution in [0, 0.1) is 5.41 Å². The van der Waals surface area contributed by atoms with Gasteiger partial charge in [-0.3, -0.25) is 43.3 Å². The third-order valence-corrected chi connectivity index (χ3v) is 14.5. The quantitative estimate of drug-likeness (QED) is 0.0469. The summed E-state index contributed by atoms with van der Waals surface area (Å²) in [6.45, 7) is 2.16. The molecule has 408 valence electrons. The van der Waals surface area contributed by atoms with Gasteiger partial charge in [0.2, 0.25) is 41.4 Å². The molecule has 5 atom stereocenters. The number of benzene rings is 3. The molecule has 1 aliphatic carbocycles. The van der Waals surface area contributed by atoms with Gasteiger partial charge in [-0.25, -0.2) is 0 Å². The molecule has 76 heavy (non-hydrogen) atoms. The minimum absolute atomic E-state index is 0.000689. The van der Waals surface area contributed by atoms with Gasteiger partial charge in [0.05, 0.1) is 25.0 Å². The Morgan fingerprint density at radius 2 is 1.47 bits per heavy atom. The standard InChI is InChI=1S/C56H75N11O9/c1-3-4-22-48(69)63-44-32-49(70)60-27-11-10-20-42(50(57)71)64-53(74)46(31-38-34-62-41-19-9-8-18-40(38)41)66-51(72)43(21-13-28-61-55(58)59)65-52(73)45(29-35-14-6-5-7-15-35)67-54(75)56(33-47(44)68)25-23-36(24-26-56)37-16-12-17-39(30-37)76-2/h5-9,12,14-19,30,34,36,42-46,62H,3-4,10-11,13,20-29,31-33H2,1-2H3,(H2,57,71)(H,60,70)(H,63,69)(H,64,74)(H,65,73)(H,66,72)(H,67,75)(H4,58,59,61)/t36?,42-,43-,44-,45+,46-,56?/m0/s1. The molecule has 0 radical (unpaired) electrons. The number of H-pyrrole nitrogens is 1. The molecule has 4 aromatic rings. The number of nitrogens with zero attached hydrogens (tertiary/aromatic N) is 1. The Bertz CT molecular complexity index is 2680. The molecule has 7 amide bonds. The first kappa shape index (κ1) is 57.5. The maximum Gasteiger partial charge on any atom is 0.243 e. The molecule has 1 saturated heterocycles. The van der Waals surface area contributed by atoms with Gasteiger partial charge in [-0.05, 0) is 105 Å². The summed E-state index contributed by atoms with van der Waals surface area (Å²) < 4.78 is 5.51. The average Bonchev–Trinajstić information content (AvgIpc) is 3.83. The average molecular weight is 1050 g/mol. The number of Topliss-reactive ketones (excluding diaryl/α,β-unsaturated/α-hetero) is 1. The Labute approximate surface area is 443 Å². The monoisotopic (exact) mass is 1050 g/mol. The molecule has 1 aliphatic heterocycles. The summed E-state index contributed by atoms with van der Waals surface area (Å²) in [4.78, 5) is 121. The minimum Gasteiger partial charge on any atom is -0.497 e. The smallest absolute Gasteiger partial charge is 0.243 e. The van der Waals surface area contributed by atoms with Crippen molar-refractivity contribution >= 4 is 64.0 Å². The van der Waals surface area contributed by atoms with Crippen molar-refractivity contribution in [3.05, 3.63) is 102 Å². The molecule has 3 aromatic carbocycles. The molecule has 20 nitrogen and oxygen atoms in total. The first-order valence-corrected chi connectivity index (χ1v) is 26.5. The number of carbonyl (C=O) groups excluding carboxylic acids is 8. The van der Waals surface area contributed by atoms with Gasteiger partial charge in [-0.15, -0.1) is 0 Å². The van der Waals surface area contributed by atoms with Crippen molar-refractivity contribution in [3.8, 4) is 5.75 Å². The number of ether oxygens (including phenoxy) is 1. The number of nitrogens with two attached hydrogens (primary N) is 3. The molecule has 13 N–H and O–H groups in total. The van der Waals surface area contributed by atoms with Gasteiger partial charge in [0.1, 0.15) is 29.9 Å². The fourth-order valence-electron chi connectivity index (χ4n) is 10.1. The SMILES string of the molecule is CCCCC(=O)N[C@H]1CC(=O)NCCCC[C@@H](C(N)=O)NC(=O)[C@H](Cc2c[nH]c3ccccc23)NC(=O)[C@H](CCCN=C(N)N)NC(=O)[C@@H](Cc2ccccc2)NC(=O)C2(CCC(c3cccc(OC)c3)CC2)CC1=O. The number of carbonyl (C=O) groups is 8. The lowest BCUT2D eigenvalue weighted by Crippen LogP contribution is -2.59. The fraction of sp³-hybridized carbons (Fsp3) is 0.482. The van der Waals surface area contributed by atoms with E-state index in [1.54, 1.807) is 37.6 Å². The lowest BCUT2D eigenvalue weighted by molar-refractivity contribution is -0.142. The van der Waals surface area contributed by atoms with E-state index in [4.69, 9.17) is 21.9 Å². The Hall–Kier alpha value is -7.77. The van der Waals surface area contributed by atoms with Crippen molar-refractivity contribution < 1.29 is 43.1 Å². The number of amides is 7. The van der Waals surface area contributed by atoms with Crippen LogP contribution in [-0.2, 0) is 51.2 Å². The topological polar surface area (TPSA) is 324 Å². The van der Waals surface area contributed by atoms with Crippen LogP contribution >= 0.6 is 0 Å². The highest BCUT2D eigenvalue weighted by molar-refractivity contribution is 5.99. The van der Waals surface area contributed by atoms with Gasteiger partial charge in [-0.1, -0.05) is 74.0 Å². The summed E-state index contributed by atoms with van der Waals surface area (Å²) in [6.07, 6.45) is 4.71. The number of para-hydroxylation sites is 1. The van der Waals surface area contributed by atoms with E-state index >= 15 is 4.79 Å². The number of unbranched alkanes of at least 4 members (excludes halogenated alkanes) is 1. The van der Waals surface area contributed by atoms with Crippen LogP contribution in [0.4, 0.5) is 0 Å². The van der Waals surface area contributed by atoms with E-state index in [2.05, 4.69) is 41.9 Å². The predicted molar refractivity (Wildman–Crippen MR) is 288 cm³/mol. The molecule has 0 bridgehead atoms. The first-order chi connectivity index (χ1) is 36.6. The predicted octanol–water partition coefficient (Wildman–Crippen LogP) is 3.11. The van der Waals surface area contributed by atoms with Crippen molar-refractivity contribution in [2.45, 2.75) is 146 Å². The van der Waals surface area contributed by atoms with Crippen LogP contribution in [-0.4, -0.2) is 108 Å². The van der Waals surface area contributed by atoms with E-state index < -0.39 is 89.2 Å². The summed E-state index contributed by atoms with van der Waals surface area (Å²) in [5, 5.41) is 17.9. The second-order valence-corrected chi connectivity index (χ2v) is 20.1. The Morgan fingerprint density at radius 3 is 2.20 bits per heavy atom. The molecule has 1 spiro atoms. The number of hydrogen-bond donors (Lipinski definition) is 10. The van der Waals surface area contributed by atoms with Crippen molar-refractivity contribution in [2.24, 2.45) is 27.6 Å². The number of aliphatic imine (C=N–C) groups is 1. The van der Waals surface area contributed by atoms with E-state index in [9.17, 15) is 33.6 Å². The number of guanidine groups is 1. The largest absolute Gasteiger partial charge is 0.497 e. The number of fused-ring (bicyclic) bond motifs is 1. The van der Waals surface area contributed by atoms with Crippen molar-refractivity contribution in [2.75, 3.05) is 20.2 Å². The summed E-state index contributed by atoms with van der Waals surface area (Å²) >= 11 is 0. The highest BCUT2D eigenvalue weighted by Crippen LogP contribution is 2.46. The van der Waals surface area contributed by atoms with Crippen molar-refractivity contribution in [3.63, 3.8) is 0 Å². The maximum atomic E-state index is 15.3. The summed E-state index contributed by atoms with van der Waals surface area (Å²) in [5.41, 5.74) is 18.9. The lowest BCUT2D eigenvalue weighted by Gasteiger charge is -2.40. The molecule has 20 heteroatoms. The van der Waals surface area contributed by atoms with Gasteiger partial charge in [0, 0.05) is 55.9 Å². The second kappa shape index (κ2) is 28.2. The molecule has 2 fully saturated rings. The van der Waals surface area contributed by atoms with E-state index in [1.807, 2.05) is 61.5 Å². The van der Waals surface area contributed by atoms with Gasteiger partial charge >= 0.3 is 0 Å². The normalized spacial score (nSPS) is 23.8. The summed E-state index contributed by atoms with van der Waals surface area (Å²) in [5.74, 6) is -4.51. The molecular formula is C56H75N11O9. The zero-order chi connectivity index (χ0) is 54.6. The molecule has 1 saturated carbocycles. The lowest BCUT2D eigenvalue weighted by atomic mass is 9.65. The van der Waals surface area contributed by atoms with E-state index in [0.29, 0.717) is 49.0 Å². The number of hydrogen-bond acceptors (Lipinski definition) is 10. The molecule has 2 aliphatic rings. The van der Waals surface area contributed by atoms with Crippen LogP contribution in [0.2, 0.25) is 0 Å². The minimum atomic E-state index is -1.39. The zero-order valence-electron chi connectivity index (χ0n) is 43.6. The summed E-state index contributed by atoms with van der Waals surface area (Å²) in [7, 11) is 1.59. The molecule has 1 aromatic heterocycles. The summed E-state index contributed by atoms with van der Waals surface area (Å²) in [6, 6.07) is 17.8. The first-order valence-electron chi connectivity index (χ1n) is 26.5. The van der Waals surface area contributed by atoms with Crippen LogP contribution in [0.15, 0.2) is 90.1 Å². The van der Waals surface area contributed by atoms with Crippen LogP contribution in [0.5, 0.6) is 5.75 Å². The van der Waals surface area contributed by atoms with Crippen LogP contribution < -0.4 is 53.8 Å². The Balaban J connectivity index is 1.40. The van der Waals surface area contributed by atoms with Gasteiger partial charge in [-0.2, -0.15) is 0 Å². The fourth-order valence-corrected chi connectivity index (χ4v) is 10.1. The number of aromatic nitrogens is 1. The third-order valence-electron chi connectivity index (χ3n) is 14.5. The van der Waals surface area contributed by atoms with Crippen LogP contribution in [0.25, 0.3) is 10.9 Å². The number of rotatable bonds is 15. The number of aromatic amines is 1. The third kappa shape index (κ3) is 16.6. The number of primary amides is 1. The molecular weight excluding hydrogens is 971 g/mol. The van der Waals surface area contributed by atoms with Gasteiger partial charge in [0.15, 0.2) is 11.7 Å². The van der Waals surface area contributed by atoms with Gasteiger partial charge < -0.3 is 58.8 Å². The van der Waals surface area contributed by atoms with E-state index in [0.717, 1.165) is 22.9 Å². The van der Waals surface area contributed by atoms with E-state index in [1.165, 1.54) is 0 Å². The highest BCUT2D eigenvalue weighted by Gasteiger charge is 2.46. The van der Waals surface area contributed by atoms with Crippen LogP contribution in [0.1, 0.15) is 119 Å². The van der Waals surface area contributed by atoms with Crippen molar-refractivity contribution in [1.82, 2.24) is 36.9 Å². The molecule has 2 heterocycles. The second-order valence-electron chi connectivity index (χ2n) is 20.1. The highest BCUT2D eigenvalue weighted by atomic mass is 16.5. The maximum absolute atomic E-state index is 15.3. The van der Waals surface area contributed by atoms with Gasteiger partial charge in [0.25, 0.3) is 0 Å². The molecule has 6 rings (SSSR count). The number of methoxy groups -OCH3 is 1. The Kier molecular flexibility index (Phi) is 21.4. The number of ketones is 1. The Morgan fingerprint density at radius 1 is 0.776 bits per heavy atom. The zero-order valence-corrected chi connectivity index (χ0v) is 43.6. The van der Waals surface area contributed by atoms with Crippen molar-refractivity contribution in [1.29, 1.82) is 0 Å². The molecule has 0 unspecified atom stereocenters. The van der Waals surface area contributed by atoms with E-state index in [-0.39, 0.29) is 82.8 Å². The number of nitrogens with one attached hydrogen (secondary N) is 7. The van der Waals surface area contributed by atoms with Crippen LogP contribution in [0.3, 0.4) is 0 Å².